The Balaban J connectivity index is 0.00000312. The van der Waals surface area contributed by atoms with Gasteiger partial charge in [-0.15, -0.1) is 12.4 Å². The number of nitrogens with zero attached hydrogens (tertiary/aromatic N) is 2. The third kappa shape index (κ3) is 4.96. The van der Waals surface area contributed by atoms with E-state index < -0.39 is 23.7 Å². The van der Waals surface area contributed by atoms with Crippen LogP contribution >= 0.6 is 12.4 Å². The summed E-state index contributed by atoms with van der Waals surface area (Å²) in [5.41, 5.74) is 6.33. The second-order valence-corrected chi connectivity index (χ2v) is 5.68. The van der Waals surface area contributed by atoms with Crippen molar-refractivity contribution in [2.24, 2.45) is 5.73 Å². The average molecular weight is 377 g/mol. The van der Waals surface area contributed by atoms with Gasteiger partial charge in [0.2, 0.25) is 5.91 Å². The summed E-state index contributed by atoms with van der Waals surface area (Å²) < 4.78 is 41.6. The summed E-state index contributed by atoms with van der Waals surface area (Å²) in [5.74, 6) is -0.509. The van der Waals surface area contributed by atoms with Gasteiger partial charge in [-0.2, -0.15) is 18.3 Å². The summed E-state index contributed by atoms with van der Waals surface area (Å²) in [6.07, 6.45) is -4.54. The van der Waals surface area contributed by atoms with E-state index >= 15 is 0 Å². The van der Waals surface area contributed by atoms with Crippen LogP contribution in [0.15, 0.2) is 24.3 Å². The van der Waals surface area contributed by atoms with Crippen LogP contribution in [0.5, 0.6) is 0 Å². The molecule has 0 spiro atoms. The van der Waals surface area contributed by atoms with Crippen molar-refractivity contribution >= 4 is 18.3 Å². The molecule has 2 rings (SSSR count). The lowest BCUT2D eigenvalue weighted by Gasteiger charge is -2.16. The Hall–Kier alpha value is -2.06. The van der Waals surface area contributed by atoms with E-state index in [4.69, 9.17) is 5.73 Å². The van der Waals surface area contributed by atoms with E-state index in [0.29, 0.717) is 11.4 Å². The Labute approximate surface area is 149 Å². The average Bonchev–Trinajstić information content (AvgIpc) is 2.82. The third-order valence-corrected chi connectivity index (χ3v) is 3.52. The second kappa shape index (κ2) is 7.88. The highest BCUT2D eigenvalue weighted by atomic mass is 35.5. The zero-order valence-corrected chi connectivity index (χ0v) is 14.8. The van der Waals surface area contributed by atoms with E-state index in [1.807, 2.05) is 0 Å². The summed E-state index contributed by atoms with van der Waals surface area (Å²) in [7, 11) is 0. The molecule has 0 fully saturated rings. The van der Waals surface area contributed by atoms with Crippen molar-refractivity contribution in [2.75, 3.05) is 0 Å². The van der Waals surface area contributed by atoms with Crippen LogP contribution in [0.25, 0.3) is 5.69 Å². The van der Waals surface area contributed by atoms with Crippen LogP contribution in [0.1, 0.15) is 29.4 Å². The first kappa shape index (κ1) is 21.0. The zero-order valence-electron chi connectivity index (χ0n) is 14.0. The lowest BCUT2D eigenvalue weighted by Crippen LogP contribution is -2.38. The molecule has 0 radical (unpaired) electrons. The maximum Gasteiger partial charge on any atom is 0.416 e. The number of nitrogens with one attached hydrogen (secondary N) is 1. The highest BCUT2D eigenvalue weighted by Gasteiger charge is 2.34. The van der Waals surface area contributed by atoms with Gasteiger partial charge in [0.05, 0.1) is 23.0 Å². The van der Waals surface area contributed by atoms with Crippen LogP contribution in [0, 0.1) is 13.8 Å². The number of hydrogen-bond acceptors (Lipinski definition) is 3. The molecule has 1 amide bonds. The zero-order chi connectivity index (χ0) is 18.1. The first-order valence-corrected chi connectivity index (χ1v) is 7.36. The van der Waals surface area contributed by atoms with E-state index in [2.05, 4.69) is 10.4 Å². The molecule has 2 aromatic rings. The van der Waals surface area contributed by atoms with Gasteiger partial charge in [-0.05, 0) is 44.5 Å². The number of benzene rings is 1. The van der Waals surface area contributed by atoms with E-state index in [1.54, 1.807) is 26.0 Å². The van der Waals surface area contributed by atoms with Gasteiger partial charge in [0, 0.05) is 12.2 Å². The maximum atomic E-state index is 13.4. The van der Waals surface area contributed by atoms with Gasteiger partial charge in [-0.25, -0.2) is 4.68 Å². The van der Waals surface area contributed by atoms with Crippen molar-refractivity contribution in [3.05, 3.63) is 46.8 Å². The Morgan fingerprint density at radius 1 is 1.32 bits per heavy atom. The molecule has 0 bridgehead atoms. The van der Waals surface area contributed by atoms with Crippen LogP contribution in [0.2, 0.25) is 0 Å². The first-order chi connectivity index (χ1) is 11.1. The highest BCUT2D eigenvalue weighted by Crippen LogP contribution is 2.33. The lowest BCUT2D eigenvalue weighted by molar-refractivity contribution is -0.138. The Kier molecular flexibility index (Phi) is 6.61. The standard InChI is InChI=1S/C16H19F3N4O.ClH/c1-9-6-10(2)23(22-9)13-5-4-12(8-21-15(24)11(3)20)14(7-13)16(17,18)19;/h4-7,11H,8,20H2,1-3H3,(H,21,24);1H/t11-;/m0./s1. The van der Waals surface area contributed by atoms with E-state index in [9.17, 15) is 18.0 Å². The summed E-state index contributed by atoms with van der Waals surface area (Å²) in [4.78, 5) is 11.5. The quantitative estimate of drug-likeness (QED) is 0.861. The summed E-state index contributed by atoms with van der Waals surface area (Å²) in [5, 5.41) is 6.59. The van der Waals surface area contributed by atoms with Crippen molar-refractivity contribution in [1.29, 1.82) is 0 Å². The van der Waals surface area contributed by atoms with E-state index in [0.717, 1.165) is 11.8 Å². The fraction of sp³-hybridized carbons (Fsp3) is 0.375. The lowest BCUT2D eigenvalue weighted by atomic mass is 10.1. The molecule has 3 N–H and O–H groups in total. The van der Waals surface area contributed by atoms with Crippen LogP contribution in [0.4, 0.5) is 13.2 Å². The minimum atomic E-state index is -4.54. The van der Waals surface area contributed by atoms with Crippen molar-refractivity contribution in [3.63, 3.8) is 0 Å². The van der Waals surface area contributed by atoms with Crippen molar-refractivity contribution in [3.8, 4) is 5.69 Å². The summed E-state index contributed by atoms with van der Waals surface area (Å²) in [6, 6.07) is 4.92. The smallest absolute Gasteiger partial charge is 0.351 e. The van der Waals surface area contributed by atoms with E-state index in [-0.39, 0.29) is 24.5 Å². The molecule has 0 saturated carbocycles. The molecule has 0 aliphatic carbocycles. The van der Waals surface area contributed by atoms with Crippen molar-refractivity contribution < 1.29 is 18.0 Å². The molecule has 1 atom stereocenters. The minimum absolute atomic E-state index is 0. The number of rotatable bonds is 4. The SMILES string of the molecule is Cc1cc(C)n(-c2ccc(CNC(=O)[C@H](C)N)c(C(F)(F)F)c2)n1.Cl. The number of nitrogens with two attached hydrogens (primary N) is 1. The molecule has 1 heterocycles. The fourth-order valence-corrected chi connectivity index (χ4v) is 2.35. The van der Waals surface area contributed by atoms with Gasteiger partial charge in [0.15, 0.2) is 0 Å². The number of aryl methyl sites for hydroxylation is 2. The van der Waals surface area contributed by atoms with Gasteiger partial charge in [0.1, 0.15) is 0 Å². The monoisotopic (exact) mass is 376 g/mol. The number of amides is 1. The van der Waals surface area contributed by atoms with Gasteiger partial charge in [-0.3, -0.25) is 4.79 Å². The molecular weight excluding hydrogens is 357 g/mol. The van der Waals surface area contributed by atoms with Gasteiger partial charge < -0.3 is 11.1 Å². The predicted molar refractivity (Wildman–Crippen MR) is 90.8 cm³/mol. The molecule has 25 heavy (non-hydrogen) atoms. The second-order valence-electron chi connectivity index (χ2n) is 5.68. The van der Waals surface area contributed by atoms with E-state index in [1.165, 1.54) is 17.7 Å². The Morgan fingerprint density at radius 3 is 2.44 bits per heavy atom. The molecule has 5 nitrogen and oxygen atoms in total. The Morgan fingerprint density at radius 2 is 1.96 bits per heavy atom. The fourth-order valence-electron chi connectivity index (χ4n) is 2.35. The molecular formula is C16H20ClF3N4O. The third-order valence-electron chi connectivity index (χ3n) is 3.52. The number of alkyl halides is 3. The van der Waals surface area contributed by atoms with Gasteiger partial charge in [-0.1, -0.05) is 6.07 Å². The molecule has 9 heteroatoms. The summed E-state index contributed by atoms with van der Waals surface area (Å²) >= 11 is 0. The molecule has 0 unspecified atom stereocenters. The van der Waals surface area contributed by atoms with Gasteiger partial charge in [0.25, 0.3) is 0 Å². The number of aromatic nitrogens is 2. The number of hydrogen-bond donors (Lipinski definition) is 2. The molecule has 138 valence electrons. The number of carbonyl (C=O) groups is 1. The minimum Gasteiger partial charge on any atom is -0.351 e. The van der Waals surface area contributed by atoms with Gasteiger partial charge >= 0.3 is 6.18 Å². The van der Waals surface area contributed by atoms with Crippen LogP contribution < -0.4 is 11.1 Å². The molecule has 0 saturated heterocycles. The molecule has 1 aromatic carbocycles. The Bertz CT molecular complexity index is 756. The maximum absolute atomic E-state index is 13.4. The predicted octanol–water partition coefficient (Wildman–Crippen LogP) is 2.89. The molecule has 1 aromatic heterocycles. The van der Waals surface area contributed by atoms with Crippen LogP contribution in [0.3, 0.4) is 0 Å². The topological polar surface area (TPSA) is 72.9 Å². The number of carbonyl (C=O) groups excluding carboxylic acids is 1. The largest absolute Gasteiger partial charge is 0.416 e. The normalized spacial score (nSPS) is 12.4. The van der Waals surface area contributed by atoms with Crippen molar-refractivity contribution in [2.45, 2.75) is 39.5 Å². The molecule has 0 aliphatic heterocycles. The first-order valence-electron chi connectivity index (χ1n) is 7.36. The molecule has 0 aliphatic rings. The summed E-state index contributed by atoms with van der Waals surface area (Å²) in [6.45, 7) is 4.76. The number of halogens is 4. The highest BCUT2D eigenvalue weighted by molar-refractivity contribution is 5.85. The van der Waals surface area contributed by atoms with Crippen molar-refractivity contribution in [1.82, 2.24) is 15.1 Å². The van der Waals surface area contributed by atoms with Crippen LogP contribution in [-0.2, 0) is 17.5 Å². The van der Waals surface area contributed by atoms with Crippen LogP contribution in [-0.4, -0.2) is 21.7 Å².